The van der Waals surface area contributed by atoms with E-state index in [1.165, 1.54) is 10.4 Å². The van der Waals surface area contributed by atoms with E-state index in [1.54, 1.807) is 11.3 Å². The van der Waals surface area contributed by atoms with Gasteiger partial charge in [-0.05, 0) is 11.6 Å². The standard InChI is InChI=1S/C16H20N2OS/c1-16(2,3)14-13(9-17)20-15(18-14)12-8-10-6-4-5-7-11(10)19-12/h4-7,12H,8-9,17H2,1-3H3. The van der Waals surface area contributed by atoms with Gasteiger partial charge in [0.2, 0.25) is 0 Å². The molecule has 106 valence electrons. The van der Waals surface area contributed by atoms with Crippen molar-refractivity contribution < 1.29 is 4.74 Å². The lowest BCUT2D eigenvalue weighted by Gasteiger charge is -2.17. The number of hydrogen-bond donors (Lipinski definition) is 1. The van der Waals surface area contributed by atoms with Crippen molar-refractivity contribution in [2.24, 2.45) is 5.73 Å². The first kappa shape index (κ1) is 13.6. The van der Waals surface area contributed by atoms with Gasteiger partial charge < -0.3 is 10.5 Å². The topological polar surface area (TPSA) is 48.1 Å². The molecular weight excluding hydrogens is 268 g/mol. The number of fused-ring (bicyclic) bond motifs is 1. The zero-order chi connectivity index (χ0) is 14.3. The van der Waals surface area contributed by atoms with Crippen LogP contribution in [0, 0.1) is 0 Å². The summed E-state index contributed by atoms with van der Waals surface area (Å²) in [5.74, 6) is 0.985. The van der Waals surface area contributed by atoms with E-state index in [4.69, 9.17) is 15.5 Å². The molecule has 4 heteroatoms. The summed E-state index contributed by atoms with van der Waals surface area (Å²) in [7, 11) is 0. The molecule has 0 saturated heterocycles. The fourth-order valence-corrected chi connectivity index (χ4v) is 3.74. The summed E-state index contributed by atoms with van der Waals surface area (Å²) < 4.78 is 6.03. The highest BCUT2D eigenvalue weighted by Crippen LogP contribution is 2.40. The van der Waals surface area contributed by atoms with Crippen LogP contribution in [0.5, 0.6) is 5.75 Å². The minimum atomic E-state index is 0.0227. The van der Waals surface area contributed by atoms with Gasteiger partial charge in [0.15, 0.2) is 6.10 Å². The van der Waals surface area contributed by atoms with Gasteiger partial charge in [-0.15, -0.1) is 11.3 Å². The summed E-state index contributed by atoms with van der Waals surface area (Å²) in [6.07, 6.45) is 0.941. The van der Waals surface area contributed by atoms with E-state index in [-0.39, 0.29) is 11.5 Å². The van der Waals surface area contributed by atoms with E-state index in [2.05, 4.69) is 32.9 Å². The monoisotopic (exact) mass is 288 g/mol. The van der Waals surface area contributed by atoms with Crippen molar-refractivity contribution in [1.29, 1.82) is 0 Å². The molecule has 1 aromatic carbocycles. The number of benzene rings is 1. The normalized spacial score (nSPS) is 17.9. The van der Waals surface area contributed by atoms with Gasteiger partial charge in [0, 0.05) is 23.3 Å². The van der Waals surface area contributed by atoms with Crippen LogP contribution in [0.3, 0.4) is 0 Å². The van der Waals surface area contributed by atoms with Gasteiger partial charge in [0.1, 0.15) is 10.8 Å². The summed E-state index contributed by atoms with van der Waals surface area (Å²) >= 11 is 1.69. The molecule has 1 aliphatic rings. The molecule has 2 aromatic rings. The fraction of sp³-hybridized carbons (Fsp3) is 0.438. The Hall–Kier alpha value is -1.39. The van der Waals surface area contributed by atoms with Crippen molar-refractivity contribution in [3.8, 4) is 5.75 Å². The van der Waals surface area contributed by atoms with Gasteiger partial charge in [0.25, 0.3) is 0 Å². The number of aromatic nitrogens is 1. The smallest absolute Gasteiger partial charge is 0.154 e. The number of nitrogens with zero attached hydrogens (tertiary/aromatic N) is 1. The highest BCUT2D eigenvalue weighted by Gasteiger charge is 2.30. The Morgan fingerprint density at radius 3 is 2.70 bits per heavy atom. The predicted octanol–water partition coefficient (Wildman–Crippen LogP) is 3.58. The fourth-order valence-electron chi connectivity index (χ4n) is 2.55. The van der Waals surface area contributed by atoms with E-state index in [1.807, 2.05) is 12.1 Å². The third-order valence-corrected chi connectivity index (χ3v) is 4.70. The Labute approximate surface area is 123 Å². The van der Waals surface area contributed by atoms with Crippen molar-refractivity contribution in [3.05, 3.63) is 45.4 Å². The Kier molecular flexibility index (Phi) is 3.30. The zero-order valence-electron chi connectivity index (χ0n) is 12.1. The third kappa shape index (κ3) is 2.34. The van der Waals surface area contributed by atoms with Crippen LogP contribution in [0.15, 0.2) is 24.3 Å². The molecule has 0 bridgehead atoms. The lowest BCUT2D eigenvalue weighted by molar-refractivity contribution is 0.237. The maximum atomic E-state index is 6.03. The van der Waals surface area contributed by atoms with Crippen LogP contribution < -0.4 is 10.5 Å². The summed E-state index contributed by atoms with van der Waals surface area (Å²) in [5.41, 5.74) is 8.27. The Morgan fingerprint density at radius 1 is 1.35 bits per heavy atom. The molecule has 1 unspecified atom stereocenters. The second-order valence-electron chi connectivity index (χ2n) is 6.20. The summed E-state index contributed by atoms with van der Waals surface area (Å²) in [6.45, 7) is 7.07. The first-order valence-corrected chi connectivity index (χ1v) is 7.75. The van der Waals surface area contributed by atoms with Crippen molar-refractivity contribution in [2.45, 2.75) is 45.3 Å². The average molecular weight is 288 g/mol. The van der Waals surface area contributed by atoms with E-state index in [0.717, 1.165) is 22.9 Å². The summed E-state index contributed by atoms with van der Waals surface area (Å²) in [5, 5.41) is 1.05. The van der Waals surface area contributed by atoms with Crippen molar-refractivity contribution in [3.63, 3.8) is 0 Å². The predicted molar refractivity (Wildman–Crippen MR) is 82.2 cm³/mol. The molecule has 0 aliphatic carbocycles. The first-order chi connectivity index (χ1) is 9.49. The lowest BCUT2D eigenvalue weighted by Crippen LogP contribution is -2.15. The molecule has 1 aliphatic heterocycles. The quantitative estimate of drug-likeness (QED) is 0.919. The maximum Gasteiger partial charge on any atom is 0.154 e. The minimum Gasteiger partial charge on any atom is -0.483 e. The number of para-hydroxylation sites is 1. The second kappa shape index (κ2) is 4.86. The molecule has 3 nitrogen and oxygen atoms in total. The van der Waals surface area contributed by atoms with Gasteiger partial charge in [-0.1, -0.05) is 39.0 Å². The number of ether oxygens (including phenoxy) is 1. The average Bonchev–Trinajstić information content (AvgIpc) is 3.01. The number of hydrogen-bond acceptors (Lipinski definition) is 4. The third-order valence-electron chi connectivity index (χ3n) is 3.53. The number of rotatable bonds is 2. The van der Waals surface area contributed by atoms with Crippen molar-refractivity contribution >= 4 is 11.3 Å². The van der Waals surface area contributed by atoms with Gasteiger partial charge >= 0.3 is 0 Å². The SMILES string of the molecule is CC(C)(C)c1nc(C2Cc3ccccc3O2)sc1CN. The van der Waals surface area contributed by atoms with E-state index < -0.39 is 0 Å². The van der Waals surface area contributed by atoms with E-state index >= 15 is 0 Å². The second-order valence-corrected chi connectivity index (χ2v) is 7.31. The Balaban J connectivity index is 1.92. The molecule has 0 saturated carbocycles. The lowest BCUT2D eigenvalue weighted by atomic mass is 9.91. The molecule has 2 N–H and O–H groups in total. The summed E-state index contributed by atoms with van der Waals surface area (Å²) in [6, 6.07) is 8.21. The highest BCUT2D eigenvalue weighted by atomic mass is 32.1. The van der Waals surface area contributed by atoms with Crippen LogP contribution in [0.1, 0.15) is 48.0 Å². The molecule has 3 rings (SSSR count). The molecule has 0 amide bonds. The first-order valence-electron chi connectivity index (χ1n) is 6.93. The minimum absolute atomic E-state index is 0.0227. The molecule has 1 atom stereocenters. The molecular formula is C16H20N2OS. The van der Waals surface area contributed by atoms with Gasteiger partial charge in [-0.25, -0.2) is 4.98 Å². The van der Waals surface area contributed by atoms with Crippen LogP contribution >= 0.6 is 11.3 Å². The molecule has 20 heavy (non-hydrogen) atoms. The van der Waals surface area contributed by atoms with Crippen LogP contribution in [0.25, 0.3) is 0 Å². The van der Waals surface area contributed by atoms with Crippen molar-refractivity contribution in [2.75, 3.05) is 0 Å². The van der Waals surface area contributed by atoms with Gasteiger partial charge in [0.05, 0.1) is 5.69 Å². The number of nitrogens with two attached hydrogens (primary N) is 1. The Morgan fingerprint density at radius 2 is 2.10 bits per heavy atom. The van der Waals surface area contributed by atoms with Gasteiger partial charge in [-0.2, -0.15) is 0 Å². The van der Waals surface area contributed by atoms with Crippen molar-refractivity contribution in [1.82, 2.24) is 4.98 Å². The summed E-state index contributed by atoms with van der Waals surface area (Å²) in [4.78, 5) is 6.00. The van der Waals surface area contributed by atoms with Crippen LogP contribution in [-0.2, 0) is 18.4 Å². The maximum absolute atomic E-state index is 6.03. The van der Waals surface area contributed by atoms with Crippen LogP contribution in [0.4, 0.5) is 0 Å². The molecule has 0 fully saturated rings. The van der Waals surface area contributed by atoms with E-state index in [9.17, 15) is 0 Å². The zero-order valence-corrected chi connectivity index (χ0v) is 13.0. The Bertz CT molecular complexity index is 603. The van der Waals surface area contributed by atoms with Gasteiger partial charge in [-0.3, -0.25) is 0 Å². The number of thiazole rings is 1. The molecule has 2 heterocycles. The largest absolute Gasteiger partial charge is 0.483 e. The van der Waals surface area contributed by atoms with Crippen LogP contribution in [0.2, 0.25) is 0 Å². The van der Waals surface area contributed by atoms with Crippen LogP contribution in [-0.4, -0.2) is 4.98 Å². The molecule has 1 aromatic heterocycles. The van der Waals surface area contributed by atoms with E-state index in [0.29, 0.717) is 6.54 Å². The molecule has 0 radical (unpaired) electrons. The highest BCUT2D eigenvalue weighted by molar-refractivity contribution is 7.11. The molecule has 0 spiro atoms.